The topological polar surface area (TPSA) is 81.1 Å². The van der Waals surface area contributed by atoms with Gasteiger partial charge in [-0.1, -0.05) is 0 Å². The highest BCUT2D eigenvalue weighted by Crippen LogP contribution is 2.32. The molecular weight excluding hydrogens is 259 g/mol. The number of halogens is 3. The van der Waals surface area contributed by atoms with E-state index in [9.17, 15) is 18.0 Å². The molecule has 0 heterocycles. The number of hydrogen-bond acceptors (Lipinski definition) is 3. The molecule has 0 fully saturated rings. The molecule has 1 aromatic carbocycles. The summed E-state index contributed by atoms with van der Waals surface area (Å²) >= 11 is 0. The Morgan fingerprint density at radius 1 is 1.21 bits per heavy atom. The molecule has 0 aromatic heterocycles. The van der Waals surface area contributed by atoms with E-state index in [0.717, 1.165) is 12.1 Å². The Morgan fingerprint density at radius 3 is 2.42 bits per heavy atom. The molecule has 0 aliphatic rings. The molecule has 7 heteroatoms. The minimum Gasteiger partial charge on any atom is -0.330 e. The molecular formula is C12H16F3N3O. The second kappa shape index (κ2) is 6.53. The third-order valence-corrected chi connectivity index (χ3v) is 2.45. The predicted molar refractivity (Wildman–Crippen MR) is 66.3 cm³/mol. The van der Waals surface area contributed by atoms with Gasteiger partial charge in [-0.25, -0.2) is 0 Å². The third kappa shape index (κ3) is 4.88. The van der Waals surface area contributed by atoms with Crippen molar-refractivity contribution < 1.29 is 18.0 Å². The summed E-state index contributed by atoms with van der Waals surface area (Å²) in [6.45, 7) is 0.319. The number of hydrogen-bond donors (Lipinski definition) is 3. The van der Waals surface area contributed by atoms with Gasteiger partial charge in [0.05, 0.1) is 5.56 Å². The lowest BCUT2D eigenvalue weighted by molar-refractivity contribution is -0.137. The number of nitrogens with one attached hydrogen (secondary N) is 1. The Hall–Kier alpha value is -1.60. The first-order valence-electron chi connectivity index (χ1n) is 5.78. The Kier molecular flexibility index (Phi) is 5.31. The molecule has 0 unspecified atom stereocenters. The van der Waals surface area contributed by atoms with E-state index in [0.29, 0.717) is 18.5 Å². The summed E-state index contributed by atoms with van der Waals surface area (Å²) in [5.41, 5.74) is 10.2. The van der Waals surface area contributed by atoms with Crippen LogP contribution >= 0.6 is 0 Å². The van der Waals surface area contributed by atoms with Gasteiger partial charge in [-0.15, -0.1) is 0 Å². The SMILES string of the molecule is NCCCC(=O)Nc1cc(CN)cc(C(F)(F)F)c1. The summed E-state index contributed by atoms with van der Waals surface area (Å²) in [6, 6.07) is 3.28. The van der Waals surface area contributed by atoms with Crippen molar-refractivity contribution in [3.8, 4) is 0 Å². The maximum atomic E-state index is 12.7. The minimum atomic E-state index is -4.47. The first-order chi connectivity index (χ1) is 8.86. The van der Waals surface area contributed by atoms with Crippen LogP contribution in [0.4, 0.5) is 18.9 Å². The van der Waals surface area contributed by atoms with Crippen molar-refractivity contribution in [2.45, 2.75) is 25.6 Å². The van der Waals surface area contributed by atoms with Crippen LogP contribution < -0.4 is 16.8 Å². The first-order valence-corrected chi connectivity index (χ1v) is 5.78. The maximum absolute atomic E-state index is 12.7. The number of amides is 1. The monoisotopic (exact) mass is 275 g/mol. The molecule has 0 atom stereocenters. The lowest BCUT2D eigenvalue weighted by atomic mass is 10.1. The zero-order valence-electron chi connectivity index (χ0n) is 10.3. The summed E-state index contributed by atoms with van der Waals surface area (Å²) in [7, 11) is 0. The molecule has 0 spiro atoms. The summed E-state index contributed by atoms with van der Waals surface area (Å²) < 4.78 is 38.0. The van der Waals surface area contributed by atoms with E-state index in [4.69, 9.17) is 11.5 Å². The minimum absolute atomic E-state index is 0.0322. The average Bonchev–Trinajstić information content (AvgIpc) is 2.34. The zero-order valence-corrected chi connectivity index (χ0v) is 10.3. The lowest BCUT2D eigenvalue weighted by Crippen LogP contribution is -2.15. The Morgan fingerprint density at radius 2 is 1.89 bits per heavy atom. The van der Waals surface area contributed by atoms with Crippen molar-refractivity contribution in [3.63, 3.8) is 0 Å². The second-order valence-electron chi connectivity index (χ2n) is 4.06. The molecule has 1 amide bonds. The van der Waals surface area contributed by atoms with Gasteiger partial charge in [-0.3, -0.25) is 4.79 Å². The number of carbonyl (C=O) groups excluding carboxylic acids is 1. The van der Waals surface area contributed by atoms with Gasteiger partial charge < -0.3 is 16.8 Å². The van der Waals surface area contributed by atoms with E-state index >= 15 is 0 Å². The number of benzene rings is 1. The molecule has 0 aliphatic heterocycles. The van der Waals surface area contributed by atoms with Gasteiger partial charge in [0.25, 0.3) is 0 Å². The van der Waals surface area contributed by atoms with E-state index in [-0.39, 0.29) is 24.6 Å². The van der Waals surface area contributed by atoms with Crippen LogP contribution in [-0.2, 0) is 17.5 Å². The molecule has 0 aliphatic carbocycles. The van der Waals surface area contributed by atoms with E-state index in [2.05, 4.69) is 5.32 Å². The Bertz CT molecular complexity index is 446. The van der Waals surface area contributed by atoms with Crippen molar-refractivity contribution in [1.29, 1.82) is 0 Å². The molecule has 0 saturated heterocycles. The fourth-order valence-electron chi connectivity index (χ4n) is 1.53. The number of rotatable bonds is 5. The Labute approximate surface area is 109 Å². The summed E-state index contributed by atoms with van der Waals surface area (Å²) in [5.74, 6) is -0.368. The number of alkyl halides is 3. The van der Waals surface area contributed by atoms with E-state index in [1.165, 1.54) is 6.07 Å². The van der Waals surface area contributed by atoms with E-state index in [1.54, 1.807) is 0 Å². The molecule has 1 aromatic rings. The number of carbonyl (C=O) groups is 1. The van der Waals surface area contributed by atoms with Gasteiger partial charge >= 0.3 is 6.18 Å². The van der Waals surface area contributed by atoms with Gasteiger partial charge in [0.1, 0.15) is 0 Å². The van der Waals surface area contributed by atoms with E-state index in [1.807, 2.05) is 0 Å². The molecule has 0 radical (unpaired) electrons. The summed E-state index contributed by atoms with van der Waals surface area (Å²) in [6.07, 6.45) is -3.82. The van der Waals surface area contributed by atoms with Gasteiger partial charge in [-0.05, 0) is 36.7 Å². The largest absolute Gasteiger partial charge is 0.416 e. The highest BCUT2D eigenvalue weighted by atomic mass is 19.4. The van der Waals surface area contributed by atoms with Crippen LogP contribution in [0.1, 0.15) is 24.0 Å². The zero-order chi connectivity index (χ0) is 14.5. The van der Waals surface area contributed by atoms with Gasteiger partial charge in [0.15, 0.2) is 0 Å². The highest BCUT2D eigenvalue weighted by molar-refractivity contribution is 5.90. The number of anilines is 1. The molecule has 1 rings (SSSR count). The quantitative estimate of drug-likeness (QED) is 0.767. The van der Waals surface area contributed by atoms with Gasteiger partial charge in [0.2, 0.25) is 5.91 Å². The second-order valence-corrected chi connectivity index (χ2v) is 4.06. The molecule has 5 N–H and O–H groups in total. The maximum Gasteiger partial charge on any atom is 0.416 e. The first kappa shape index (κ1) is 15.5. The normalized spacial score (nSPS) is 11.4. The van der Waals surface area contributed by atoms with Crippen LogP contribution in [0.3, 0.4) is 0 Å². The molecule has 19 heavy (non-hydrogen) atoms. The van der Waals surface area contributed by atoms with Crippen LogP contribution in [0.15, 0.2) is 18.2 Å². The van der Waals surface area contributed by atoms with Crippen LogP contribution in [-0.4, -0.2) is 12.5 Å². The van der Waals surface area contributed by atoms with Crippen LogP contribution in [0.25, 0.3) is 0 Å². The summed E-state index contributed by atoms with van der Waals surface area (Å²) in [5, 5.41) is 2.41. The fourth-order valence-corrected chi connectivity index (χ4v) is 1.53. The molecule has 4 nitrogen and oxygen atoms in total. The predicted octanol–water partition coefficient (Wildman–Crippen LogP) is 1.84. The van der Waals surface area contributed by atoms with E-state index < -0.39 is 11.7 Å². The van der Waals surface area contributed by atoms with Crippen molar-refractivity contribution in [3.05, 3.63) is 29.3 Å². The van der Waals surface area contributed by atoms with Gasteiger partial charge in [-0.2, -0.15) is 13.2 Å². The van der Waals surface area contributed by atoms with Crippen molar-refractivity contribution in [2.24, 2.45) is 11.5 Å². The molecule has 0 bridgehead atoms. The average molecular weight is 275 g/mol. The number of nitrogens with two attached hydrogens (primary N) is 2. The highest BCUT2D eigenvalue weighted by Gasteiger charge is 2.31. The fraction of sp³-hybridized carbons (Fsp3) is 0.417. The standard InChI is InChI=1S/C12H16F3N3O/c13-12(14,15)9-4-8(7-17)5-10(6-9)18-11(19)2-1-3-16/h4-6H,1-3,7,16-17H2,(H,18,19). The van der Waals surface area contributed by atoms with Crippen molar-refractivity contribution in [2.75, 3.05) is 11.9 Å². The van der Waals surface area contributed by atoms with Crippen molar-refractivity contribution in [1.82, 2.24) is 0 Å². The van der Waals surface area contributed by atoms with Crippen LogP contribution in [0.2, 0.25) is 0 Å². The molecule has 106 valence electrons. The third-order valence-electron chi connectivity index (χ3n) is 2.45. The van der Waals surface area contributed by atoms with Crippen LogP contribution in [0.5, 0.6) is 0 Å². The smallest absolute Gasteiger partial charge is 0.330 e. The van der Waals surface area contributed by atoms with Crippen LogP contribution in [0, 0.1) is 0 Å². The lowest BCUT2D eigenvalue weighted by Gasteiger charge is -2.12. The Balaban J connectivity index is 2.91. The van der Waals surface area contributed by atoms with Crippen molar-refractivity contribution >= 4 is 11.6 Å². The summed E-state index contributed by atoms with van der Waals surface area (Å²) in [4.78, 5) is 11.5. The molecule has 0 saturated carbocycles. The van der Waals surface area contributed by atoms with Gasteiger partial charge in [0, 0.05) is 18.7 Å².